The quantitative estimate of drug-likeness (QED) is 0.394. The third kappa shape index (κ3) is 3.93. The number of carbonyl (C=O) groups is 1. The minimum atomic E-state index is -0.985. The van der Waals surface area contributed by atoms with E-state index in [-0.39, 0.29) is 11.3 Å². The molecule has 0 aliphatic carbocycles. The second-order valence-corrected chi connectivity index (χ2v) is 5.26. The Hall–Kier alpha value is -3.94. The number of nitrogens with zero attached hydrogens (tertiary/aromatic N) is 2. The number of hydrogen-bond acceptors (Lipinski definition) is 6. The fraction of sp³-hybridized carbons (Fsp3) is 0. The lowest BCUT2D eigenvalue weighted by Crippen LogP contribution is -1.94. The van der Waals surface area contributed by atoms with Gasteiger partial charge in [0.15, 0.2) is 0 Å². The maximum Gasteiger partial charge on any atom is 0.335 e. The van der Waals surface area contributed by atoms with Crippen molar-refractivity contribution in [1.82, 2.24) is 0 Å². The zero-order valence-electron chi connectivity index (χ0n) is 13.3. The number of furan rings is 1. The maximum absolute atomic E-state index is 10.9. The molecule has 0 fully saturated rings. The Kier molecular flexibility index (Phi) is 4.75. The monoisotopic (exact) mass is 351 g/mol. The lowest BCUT2D eigenvalue weighted by atomic mass is 10.1. The van der Waals surface area contributed by atoms with Crippen LogP contribution < -0.4 is 5.43 Å². The number of non-ortho nitro benzene ring substituents is 1. The molecule has 1 aromatic heterocycles. The molecule has 8 nitrogen and oxygen atoms in total. The highest BCUT2D eigenvalue weighted by atomic mass is 16.6. The van der Waals surface area contributed by atoms with E-state index in [1.165, 1.54) is 30.5 Å². The van der Waals surface area contributed by atoms with Crippen LogP contribution in [0.25, 0.3) is 11.3 Å². The van der Waals surface area contributed by atoms with Crippen molar-refractivity contribution in [2.45, 2.75) is 0 Å². The summed E-state index contributed by atoms with van der Waals surface area (Å²) in [5.74, 6) is 0.0941. The van der Waals surface area contributed by atoms with Crippen molar-refractivity contribution in [2.24, 2.45) is 5.10 Å². The van der Waals surface area contributed by atoms with Crippen LogP contribution in [0, 0.1) is 10.1 Å². The van der Waals surface area contributed by atoms with Crippen LogP contribution in [0.2, 0.25) is 0 Å². The van der Waals surface area contributed by atoms with Crippen molar-refractivity contribution in [3.8, 4) is 11.3 Å². The molecule has 3 aromatic rings. The third-order valence-electron chi connectivity index (χ3n) is 3.51. The minimum Gasteiger partial charge on any atom is -0.478 e. The Morgan fingerprint density at radius 3 is 2.38 bits per heavy atom. The Balaban J connectivity index is 1.65. The van der Waals surface area contributed by atoms with E-state index >= 15 is 0 Å². The molecule has 0 aliphatic rings. The number of carboxylic acid groups (broad SMARTS) is 1. The molecule has 3 rings (SSSR count). The lowest BCUT2D eigenvalue weighted by Gasteiger charge is -1.99. The van der Waals surface area contributed by atoms with Crippen molar-refractivity contribution in [2.75, 3.05) is 5.43 Å². The van der Waals surface area contributed by atoms with Crippen LogP contribution >= 0.6 is 0 Å². The van der Waals surface area contributed by atoms with Gasteiger partial charge in [0.25, 0.3) is 5.69 Å². The van der Waals surface area contributed by atoms with Gasteiger partial charge >= 0.3 is 5.97 Å². The normalized spacial score (nSPS) is 10.8. The number of hydrogen-bond donors (Lipinski definition) is 2. The summed E-state index contributed by atoms with van der Waals surface area (Å²) in [6.07, 6.45) is 1.47. The highest BCUT2D eigenvalue weighted by Gasteiger charge is 2.06. The van der Waals surface area contributed by atoms with Gasteiger partial charge in [0.05, 0.1) is 22.4 Å². The second kappa shape index (κ2) is 7.31. The van der Waals surface area contributed by atoms with Gasteiger partial charge in [0.2, 0.25) is 0 Å². The summed E-state index contributed by atoms with van der Waals surface area (Å²) in [4.78, 5) is 21.0. The largest absolute Gasteiger partial charge is 0.478 e. The van der Waals surface area contributed by atoms with Gasteiger partial charge in [-0.1, -0.05) is 12.1 Å². The first-order valence-corrected chi connectivity index (χ1v) is 7.50. The van der Waals surface area contributed by atoms with E-state index in [1.807, 2.05) is 0 Å². The van der Waals surface area contributed by atoms with Gasteiger partial charge in [-0.3, -0.25) is 15.5 Å². The van der Waals surface area contributed by atoms with Crippen LogP contribution in [-0.4, -0.2) is 22.2 Å². The van der Waals surface area contributed by atoms with Crippen molar-refractivity contribution < 1.29 is 19.2 Å². The molecule has 0 unspecified atom stereocenters. The average molecular weight is 351 g/mol. The van der Waals surface area contributed by atoms with Gasteiger partial charge in [-0.2, -0.15) is 5.10 Å². The number of carboxylic acids is 1. The van der Waals surface area contributed by atoms with E-state index in [4.69, 9.17) is 9.52 Å². The lowest BCUT2D eigenvalue weighted by molar-refractivity contribution is -0.384. The summed E-state index contributed by atoms with van der Waals surface area (Å²) in [5, 5.41) is 23.5. The van der Waals surface area contributed by atoms with Gasteiger partial charge < -0.3 is 9.52 Å². The number of nitro benzene ring substituents is 1. The summed E-state index contributed by atoms with van der Waals surface area (Å²) in [6.45, 7) is 0. The molecule has 0 saturated heterocycles. The van der Waals surface area contributed by atoms with Crippen molar-refractivity contribution in [1.29, 1.82) is 0 Å². The molecule has 0 atom stereocenters. The van der Waals surface area contributed by atoms with E-state index in [0.717, 1.165) is 5.56 Å². The van der Waals surface area contributed by atoms with Crippen LogP contribution in [-0.2, 0) is 0 Å². The van der Waals surface area contributed by atoms with Crippen molar-refractivity contribution in [3.05, 3.63) is 82.1 Å². The molecule has 0 amide bonds. The first-order chi connectivity index (χ1) is 12.5. The Morgan fingerprint density at radius 2 is 1.77 bits per heavy atom. The van der Waals surface area contributed by atoms with E-state index in [9.17, 15) is 14.9 Å². The summed E-state index contributed by atoms with van der Waals surface area (Å²) < 4.78 is 5.63. The molecule has 26 heavy (non-hydrogen) atoms. The van der Waals surface area contributed by atoms with Crippen molar-refractivity contribution >= 4 is 23.6 Å². The van der Waals surface area contributed by atoms with Crippen LogP contribution in [0.4, 0.5) is 11.4 Å². The van der Waals surface area contributed by atoms with Crippen LogP contribution in [0.3, 0.4) is 0 Å². The summed E-state index contributed by atoms with van der Waals surface area (Å²) in [6, 6.07) is 15.7. The Labute approximate surface area is 147 Å². The summed E-state index contributed by atoms with van der Waals surface area (Å²) >= 11 is 0. The number of nitrogens with one attached hydrogen (secondary N) is 1. The predicted molar refractivity (Wildman–Crippen MR) is 95.4 cm³/mol. The molecule has 0 saturated carbocycles. The van der Waals surface area contributed by atoms with Gasteiger partial charge in [0.1, 0.15) is 11.5 Å². The fourth-order valence-electron chi connectivity index (χ4n) is 2.18. The minimum absolute atomic E-state index is 0.00382. The SMILES string of the molecule is O=C(O)c1ccc(-c2ccc(/C=N/Nc3ccc([N+](=O)[O-])cc3)o2)cc1. The zero-order valence-corrected chi connectivity index (χ0v) is 13.3. The van der Waals surface area contributed by atoms with E-state index in [1.54, 1.807) is 36.4 Å². The Morgan fingerprint density at radius 1 is 1.08 bits per heavy atom. The third-order valence-corrected chi connectivity index (χ3v) is 3.51. The summed E-state index contributed by atoms with van der Waals surface area (Å²) in [5.41, 5.74) is 4.30. The molecule has 2 aromatic carbocycles. The average Bonchev–Trinajstić information content (AvgIpc) is 3.11. The zero-order chi connectivity index (χ0) is 18.5. The first kappa shape index (κ1) is 16.9. The molecule has 1 heterocycles. The standard InChI is InChI=1S/C18H13N3O5/c22-18(23)13-3-1-12(2-4-13)17-10-9-16(26-17)11-19-20-14-5-7-15(8-6-14)21(24)25/h1-11,20H,(H,22,23)/b19-11+. The number of nitro groups is 1. The molecule has 2 N–H and O–H groups in total. The molecule has 0 aliphatic heterocycles. The molecule has 8 heteroatoms. The molecular formula is C18H13N3O5. The van der Waals surface area contributed by atoms with Gasteiger partial charge in [-0.15, -0.1) is 0 Å². The molecular weight excluding hydrogens is 338 g/mol. The Bertz CT molecular complexity index is 959. The second-order valence-electron chi connectivity index (χ2n) is 5.26. The summed E-state index contributed by atoms with van der Waals surface area (Å²) in [7, 11) is 0. The number of benzene rings is 2. The van der Waals surface area contributed by atoms with Crippen LogP contribution in [0.1, 0.15) is 16.1 Å². The maximum atomic E-state index is 10.9. The van der Waals surface area contributed by atoms with Crippen LogP contribution in [0.5, 0.6) is 0 Å². The molecule has 130 valence electrons. The number of aromatic carboxylic acids is 1. The topological polar surface area (TPSA) is 118 Å². The molecule has 0 bridgehead atoms. The molecule has 0 spiro atoms. The van der Waals surface area contributed by atoms with Gasteiger partial charge in [0, 0.05) is 17.7 Å². The van der Waals surface area contributed by atoms with Gasteiger partial charge in [-0.25, -0.2) is 4.79 Å². The smallest absolute Gasteiger partial charge is 0.335 e. The predicted octanol–water partition coefficient (Wildman–Crippen LogP) is 4.00. The van der Waals surface area contributed by atoms with Gasteiger partial charge in [-0.05, 0) is 36.4 Å². The number of anilines is 1. The van der Waals surface area contributed by atoms with E-state index in [2.05, 4.69) is 10.5 Å². The first-order valence-electron chi connectivity index (χ1n) is 7.50. The fourth-order valence-corrected chi connectivity index (χ4v) is 2.18. The number of rotatable bonds is 6. The number of hydrazone groups is 1. The molecule has 0 radical (unpaired) electrons. The highest BCUT2D eigenvalue weighted by Crippen LogP contribution is 2.22. The van der Waals surface area contributed by atoms with Crippen LogP contribution in [0.15, 0.2) is 70.2 Å². The van der Waals surface area contributed by atoms with Crippen molar-refractivity contribution in [3.63, 3.8) is 0 Å². The highest BCUT2D eigenvalue weighted by molar-refractivity contribution is 5.88. The van der Waals surface area contributed by atoms with E-state index < -0.39 is 10.9 Å². The van der Waals surface area contributed by atoms with E-state index in [0.29, 0.717) is 17.2 Å².